The van der Waals surface area contributed by atoms with Crippen LogP contribution in [0, 0.1) is 0 Å². The summed E-state index contributed by atoms with van der Waals surface area (Å²) in [4.78, 5) is 49.8. The second kappa shape index (κ2) is 17.3. The first kappa shape index (κ1) is 30.9. The van der Waals surface area contributed by atoms with Gasteiger partial charge in [0.25, 0.3) is 0 Å². The van der Waals surface area contributed by atoms with E-state index in [0.717, 1.165) is 0 Å². The normalized spacial score (nSPS) is 11.6. The second-order valence-electron chi connectivity index (χ2n) is 5.50. The number of ketones is 1. The Morgan fingerprint density at radius 1 is 1.04 bits per heavy atom. The predicted molar refractivity (Wildman–Crippen MR) is 111 cm³/mol. The maximum Gasteiger partial charge on any atom is 0.239 e. The molecule has 28 heavy (non-hydrogen) atoms. The number of nitrogens with two attached hydrogens (primary N) is 4. The molecule has 11 nitrogen and oxygen atoms in total. The third-order valence-corrected chi connectivity index (χ3v) is 3.53. The van der Waals surface area contributed by atoms with E-state index in [2.05, 4.69) is 15.6 Å². The number of halogens is 3. The highest BCUT2D eigenvalue weighted by Crippen LogP contribution is 2.01. The number of carbonyl (C=O) groups is 4. The van der Waals surface area contributed by atoms with Crippen molar-refractivity contribution >= 4 is 65.9 Å². The SMILES string of the molecule is Cl.Cl.NC(=O)CC[C@H](N)C(=O)NCC(=O)N[C@@H](CCCN=C(N)N)C(=O)CCl. The fourth-order valence-electron chi connectivity index (χ4n) is 1.88. The van der Waals surface area contributed by atoms with Crippen molar-refractivity contribution in [2.45, 2.75) is 37.8 Å². The van der Waals surface area contributed by atoms with E-state index in [1.54, 1.807) is 0 Å². The number of hydrogen-bond acceptors (Lipinski definition) is 6. The summed E-state index contributed by atoms with van der Waals surface area (Å²) in [7, 11) is 0. The van der Waals surface area contributed by atoms with Crippen LogP contribution in [0.5, 0.6) is 0 Å². The number of rotatable bonds is 13. The summed E-state index contributed by atoms with van der Waals surface area (Å²) in [6, 6.07) is -1.77. The summed E-state index contributed by atoms with van der Waals surface area (Å²) in [6.07, 6.45) is 0.778. The summed E-state index contributed by atoms with van der Waals surface area (Å²) >= 11 is 5.53. The van der Waals surface area contributed by atoms with Gasteiger partial charge in [0.15, 0.2) is 11.7 Å². The largest absolute Gasteiger partial charge is 0.370 e. The molecule has 10 N–H and O–H groups in total. The smallest absolute Gasteiger partial charge is 0.239 e. The molecule has 0 saturated carbocycles. The van der Waals surface area contributed by atoms with Crippen LogP contribution >= 0.6 is 36.4 Å². The van der Waals surface area contributed by atoms with Gasteiger partial charge in [-0.05, 0) is 19.3 Å². The monoisotopic (exact) mass is 463 g/mol. The Bertz CT molecular complexity index is 545. The molecule has 0 bridgehead atoms. The maximum absolute atomic E-state index is 11.9. The number of carbonyl (C=O) groups excluding carboxylic acids is 4. The van der Waals surface area contributed by atoms with Gasteiger partial charge < -0.3 is 33.6 Å². The highest BCUT2D eigenvalue weighted by Gasteiger charge is 2.20. The lowest BCUT2D eigenvalue weighted by Crippen LogP contribution is -2.48. The minimum atomic E-state index is -0.963. The number of aliphatic imine (C=N–C) groups is 1. The number of guanidine groups is 1. The van der Waals surface area contributed by atoms with Crippen molar-refractivity contribution in [3.63, 3.8) is 0 Å². The van der Waals surface area contributed by atoms with Gasteiger partial charge in [-0.1, -0.05) is 0 Å². The van der Waals surface area contributed by atoms with Crippen LogP contribution in [0.25, 0.3) is 0 Å². The predicted octanol–water partition coefficient (Wildman–Crippen LogP) is -2.11. The number of hydrogen-bond donors (Lipinski definition) is 6. The van der Waals surface area contributed by atoms with Gasteiger partial charge in [0.2, 0.25) is 17.7 Å². The molecule has 0 aliphatic heterocycles. The van der Waals surface area contributed by atoms with Crippen LogP contribution in [0.15, 0.2) is 4.99 Å². The summed E-state index contributed by atoms with van der Waals surface area (Å²) < 4.78 is 0. The van der Waals surface area contributed by atoms with E-state index < -0.39 is 29.8 Å². The van der Waals surface area contributed by atoms with Crippen LogP contribution in [-0.2, 0) is 19.2 Å². The molecule has 0 aliphatic carbocycles. The van der Waals surface area contributed by atoms with Crippen molar-refractivity contribution in [1.82, 2.24) is 10.6 Å². The molecule has 0 spiro atoms. The molecule has 3 amide bonds. The fourth-order valence-corrected chi connectivity index (χ4v) is 2.07. The summed E-state index contributed by atoms with van der Waals surface area (Å²) in [5, 5.41) is 4.81. The van der Waals surface area contributed by atoms with Crippen molar-refractivity contribution in [3.8, 4) is 0 Å². The Hall–Kier alpha value is -1.82. The van der Waals surface area contributed by atoms with Gasteiger partial charge in [-0.2, -0.15) is 0 Å². The fraction of sp³-hybridized carbons (Fsp3) is 0.643. The first-order chi connectivity index (χ1) is 12.2. The number of alkyl halides is 1. The molecule has 0 saturated heterocycles. The molecule has 164 valence electrons. The number of nitrogens with one attached hydrogen (secondary N) is 2. The van der Waals surface area contributed by atoms with Gasteiger partial charge in [-0.25, -0.2) is 0 Å². The van der Waals surface area contributed by atoms with Gasteiger partial charge in [-0.3, -0.25) is 24.2 Å². The molecule has 0 aliphatic rings. The van der Waals surface area contributed by atoms with Crippen molar-refractivity contribution in [3.05, 3.63) is 0 Å². The van der Waals surface area contributed by atoms with Crippen LogP contribution in [0.1, 0.15) is 25.7 Å². The Kier molecular flexibility index (Phi) is 19.1. The van der Waals surface area contributed by atoms with Gasteiger partial charge in [0, 0.05) is 13.0 Å². The molecule has 2 atom stereocenters. The average Bonchev–Trinajstić information content (AvgIpc) is 2.58. The maximum atomic E-state index is 11.9. The van der Waals surface area contributed by atoms with E-state index in [4.69, 9.17) is 34.5 Å². The zero-order chi connectivity index (χ0) is 20.1. The third kappa shape index (κ3) is 15.3. The highest BCUT2D eigenvalue weighted by molar-refractivity contribution is 6.28. The second-order valence-corrected chi connectivity index (χ2v) is 5.77. The first-order valence-electron chi connectivity index (χ1n) is 7.92. The lowest BCUT2D eigenvalue weighted by molar-refractivity contribution is -0.129. The Labute approximate surface area is 180 Å². The van der Waals surface area contributed by atoms with Crippen LogP contribution in [0.2, 0.25) is 0 Å². The number of amides is 3. The Morgan fingerprint density at radius 3 is 2.14 bits per heavy atom. The van der Waals surface area contributed by atoms with Crippen LogP contribution in [-0.4, -0.2) is 60.5 Å². The van der Waals surface area contributed by atoms with Crippen LogP contribution in [0.4, 0.5) is 0 Å². The van der Waals surface area contributed by atoms with Gasteiger partial charge in [0.1, 0.15) is 0 Å². The summed E-state index contributed by atoms with van der Waals surface area (Å²) in [5.74, 6) is -2.45. The molecule has 0 unspecified atom stereocenters. The van der Waals surface area contributed by atoms with E-state index >= 15 is 0 Å². The molecule has 0 aromatic heterocycles. The lowest BCUT2D eigenvalue weighted by Gasteiger charge is -2.17. The highest BCUT2D eigenvalue weighted by atomic mass is 35.5. The van der Waals surface area contributed by atoms with Crippen LogP contribution in [0.3, 0.4) is 0 Å². The van der Waals surface area contributed by atoms with Crippen molar-refractivity contribution in [1.29, 1.82) is 0 Å². The summed E-state index contributed by atoms with van der Waals surface area (Å²) in [6.45, 7) is -0.0706. The molecule has 0 fully saturated rings. The van der Waals surface area contributed by atoms with Gasteiger partial charge in [0.05, 0.1) is 24.5 Å². The summed E-state index contributed by atoms with van der Waals surface area (Å²) in [5.41, 5.74) is 20.9. The molecule has 0 rings (SSSR count). The van der Waals surface area contributed by atoms with E-state index in [9.17, 15) is 19.2 Å². The number of Topliss-reactive ketones (excluding diaryl/α,β-unsaturated/α-hetero) is 1. The third-order valence-electron chi connectivity index (χ3n) is 3.26. The molecular formula is C14H28Cl3N7O4. The van der Waals surface area contributed by atoms with Crippen molar-refractivity contribution in [2.24, 2.45) is 27.9 Å². The minimum Gasteiger partial charge on any atom is -0.370 e. The van der Waals surface area contributed by atoms with Crippen molar-refractivity contribution < 1.29 is 19.2 Å². The average molecular weight is 465 g/mol. The lowest BCUT2D eigenvalue weighted by atomic mass is 10.1. The Morgan fingerprint density at radius 2 is 1.64 bits per heavy atom. The van der Waals surface area contributed by atoms with E-state index in [0.29, 0.717) is 19.4 Å². The topological polar surface area (TPSA) is 209 Å². The standard InChI is InChI=1S/C14H26ClN7O4.2ClH/c15-6-10(23)9(2-1-5-20-14(18)19)22-12(25)7-21-13(26)8(16)3-4-11(17)24;;/h8-9H,1-7,16H2,(H2,17,24)(H,21,26)(H,22,25)(H4,18,19,20);2*1H/t8-,9-;;/m0../s1. The quantitative estimate of drug-likeness (QED) is 0.0771. The zero-order valence-electron chi connectivity index (χ0n) is 15.2. The molecule has 0 aromatic rings. The van der Waals surface area contributed by atoms with Gasteiger partial charge in [-0.15, -0.1) is 36.4 Å². The number of primary amides is 1. The van der Waals surface area contributed by atoms with Crippen LogP contribution < -0.4 is 33.6 Å². The van der Waals surface area contributed by atoms with Gasteiger partial charge >= 0.3 is 0 Å². The van der Waals surface area contributed by atoms with E-state index in [1.165, 1.54) is 0 Å². The van der Waals surface area contributed by atoms with Crippen molar-refractivity contribution in [2.75, 3.05) is 19.0 Å². The van der Waals surface area contributed by atoms with E-state index in [1.807, 2.05) is 0 Å². The number of nitrogens with zero attached hydrogens (tertiary/aromatic N) is 1. The molecular weight excluding hydrogens is 437 g/mol. The molecule has 0 heterocycles. The molecule has 0 aromatic carbocycles. The first-order valence-corrected chi connectivity index (χ1v) is 8.45. The molecule has 14 heteroatoms. The Balaban J connectivity index is -0.00000312. The van der Waals surface area contributed by atoms with E-state index in [-0.39, 0.29) is 61.8 Å². The minimum absolute atomic E-state index is 0. The molecule has 0 radical (unpaired) electrons. The zero-order valence-corrected chi connectivity index (χ0v) is 17.6.